The molecule has 106 valence electrons. The third-order valence-electron chi connectivity index (χ3n) is 2.45. The number of aromatic nitrogens is 1. The van der Waals surface area contributed by atoms with E-state index >= 15 is 0 Å². The van der Waals surface area contributed by atoms with Crippen LogP contribution in [-0.2, 0) is 6.18 Å². The Bertz CT molecular complexity index is 698. The molecule has 0 atom stereocenters. The van der Waals surface area contributed by atoms with Crippen LogP contribution in [0.2, 0.25) is 0 Å². The number of carbonyl (C=O) groups is 1. The Morgan fingerprint density at radius 2 is 1.90 bits per heavy atom. The van der Waals surface area contributed by atoms with Gasteiger partial charge in [0.1, 0.15) is 0 Å². The molecule has 20 heavy (non-hydrogen) atoms. The molecule has 1 heterocycles. The van der Waals surface area contributed by atoms with Crippen molar-refractivity contribution in [1.29, 1.82) is 0 Å². The molecule has 0 radical (unpaired) electrons. The van der Waals surface area contributed by atoms with E-state index < -0.39 is 17.8 Å². The van der Waals surface area contributed by atoms with Crippen LogP contribution >= 0.6 is 11.3 Å². The lowest BCUT2D eigenvalue weighted by Crippen LogP contribution is -2.17. The smallest absolute Gasteiger partial charge is 0.350 e. The van der Waals surface area contributed by atoms with E-state index in [1.807, 2.05) is 0 Å². The molecule has 4 nitrogen and oxygen atoms in total. The summed E-state index contributed by atoms with van der Waals surface area (Å²) in [6.07, 6.45) is -2.71. The number of alkyl halides is 3. The minimum absolute atomic E-state index is 0.315. The van der Waals surface area contributed by atoms with Crippen LogP contribution in [-0.4, -0.2) is 10.6 Å². The number of thiazole rings is 1. The molecule has 0 aliphatic rings. The van der Waals surface area contributed by atoms with Crippen molar-refractivity contribution in [1.82, 2.24) is 4.57 Å². The summed E-state index contributed by atoms with van der Waals surface area (Å²) >= 11 is 1.22. The topological polar surface area (TPSA) is 60.4 Å². The van der Waals surface area contributed by atoms with E-state index in [9.17, 15) is 18.0 Å². The molecule has 2 amide bonds. The predicted molar refractivity (Wildman–Crippen MR) is 68.5 cm³/mol. The molecule has 2 rings (SSSR count). The van der Waals surface area contributed by atoms with Gasteiger partial charge in [-0.15, -0.1) is 11.3 Å². The van der Waals surface area contributed by atoms with Gasteiger partial charge in [-0.25, -0.2) is 4.79 Å². The number of hydrogen-bond acceptors (Lipinski definition) is 2. The van der Waals surface area contributed by atoms with Crippen LogP contribution in [0, 0.1) is 6.92 Å². The van der Waals surface area contributed by atoms with Gasteiger partial charge in [-0.05, 0) is 31.2 Å². The van der Waals surface area contributed by atoms with Gasteiger partial charge in [-0.1, -0.05) is 0 Å². The Balaban J connectivity index is 2.50. The second-order valence-corrected chi connectivity index (χ2v) is 5.20. The van der Waals surface area contributed by atoms with Gasteiger partial charge in [0, 0.05) is 16.8 Å². The van der Waals surface area contributed by atoms with Crippen LogP contribution in [0.3, 0.4) is 0 Å². The molecule has 1 aromatic heterocycles. The largest absolute Gasteiger partial charge is 0.416 e. The van der Waals surface area contributed by atoms with E-state index in [2.05, 4.69) is 4.99 Å². The standard InChI is InChI=1S/C12H10F3N3OS/c1-7-6-18(11(20-7)17-10(16)19)9-4-2-8(3-5-9)12(13,14)15/h2-6H,1H3,(H2,16,19)/b17-11-. The van der Waals surface area contributed by atoms with Crippen LogP contribution in [0.5, 0.6) is 0 Å². The van der Waals surface area contributed by atoms with Crippen LogP contribution < -0.4 is 10.5 Å². The van der Waals surface area contributed by atoms with E-state index in [-0.39, 0.29) is 0 Å². The molecular weight excluding hydrogens is 291 g/mol. The molecule has 8 heteroatoms. The Labute approximate surface area is 116 Å². The van der Waals surface area contributed by atoms with Crippen LogP contribution in [0.15, 0.2) is 35.5 Å². The van der Waals surface area contributed by atoms with E-state index in [0.29, 0.717) is 10.5 Å². The highest BCUT2D eigenvalue weighted by Crippen LogP contribution is 2.29. The second-order valence-electron chi connectivity index (χ2n) is 3.99. The molecule has 1 aromatic carbocycles. The number of carbonyl (C=O) groups excluding carboxylic acids is 1. The number of primary amides is 1. The summed E-state index contributed by atoms with van der Waals surface area (Å²) in [6, 6.07) is 3.73. The minimum atomic E-state index is -4.38. The third kappa shape index (κ3) is 3.08. The fourth-order valence-corrected chi connectivity index (χ4v) is 2.46. The van der Waals surface area contributed by atoms with E-state index in [1.165, 1.54) is 28.0 Å². The first kappa shape index (κ1) is 14.3. The van der Waals surface area contributed by atoms with Gasteiger partial charge in [0.05, 0.1) is 5.56 Å². The zero-order valence-electron chi connectivity index (χ0n) is 10.3. The maximum absolute atomic E-state index is 12.5. The molecule has 2 aromatic rings. The van der Waals surface area contributed by atoms with Gasteiger partial charge in [0.15, 0.2) is 4.80 Å². The van der Waals surface area contributed by atoms with Crippen molar-refractivity contribution in [3.63, 3.8) is 0 Å². The highest BCUT2D eigenvalue weighted by molar-refractivity contribution is 7.09. The fourth-order valence-electron chi connectivity index (χ4n) is 1.62. The SMILES string of the molecule is Cc1cn(-c2ccc(C(F)(F)F)cc2)/c(=N/C(N)=O)s1. The molecule has 0 aliphatic heterocycles. The molecular formula is C12H10F3N3OS. The number of amides is 2. The maximum atomic E-state index is 12.5. The first-order valence-electron chi connectivity index (χ1n) is 5.48. The summed E-state index contributed by atoms with van der Waals surface area (Å²) in [5.74, 6) is 0. The zero-order valence-corrected chi connectivity index (χ0v) is 11.1. The van der Waals surface area contributed by atoms with E-state index in [1.54, 1.807) is 13.1 Å². The number of aryl methyl sites for hydroxylation is 1. The van der Waals surface area contributed by atoms with Crippen molar-refractivity contribution in [2.45, 2.75) is 13.1 Å². The van der Waals surface area contributed by atoms with Crippen molar-refractivity contribution in [2.24, 2.45) is 10.7 Å². The first-order valence-corrected chi connectivity index (χ1v) is 6.30. The fraction of sp³-hybridized carbons (Fsp3) is 0.167. The number of hydrogen-bond donors (Lipinski definition) is 1. The first-order chi connectivity index (χ1) is 9.27. The monoisotopic (exact) mass is 301 g/mol. The molecule has 0 fully saturated rings. The third-order valence-corrected chi connectivity index (χ3v) is 3.35. The van der Waals surface area contributed by atoms with E-state index in [4.69, 9.17) is 5.73 Å². The highest BCUT2D eigenvalue weighted by atomic mass is 32.1. The Hall–Kier alpha value is -2.09. The average molecular weight is 301 g/mol. The summed E-state index contributed by atoms with van der Waals surface area (Å²) in [5.41, 5.74) is 4.74. The molecule has 0 unspecified atom stereocenters. The van der Waals surface area contributed by atoms with Gasteiger partial charge in [-0.3, -0.25) is 4.57 Å². The van der Waals surface area contributed by atoms with Gasteiger partial charge in [0.25, 0.3) is 0 Å². The minimum Gasteiger partial charge on any atom is -0.350 e. The van der Waals surface area contributed by atoms with E-state index in [0.717, 1.165) is 17.0 Å². The summed E-state index contributed by atoms with van der Waals surface area (Å²) in [4.78, 5) is 15.6. The zero-order chi connectivity index (χ0) is 14.9. The molecule has 0 bridgehead atoms. The number of rotatable bonds is 1. The van der Waals surface area contributed by atoms with Gasteiger partial charge < -0.3 is 5.73 Å². The van der Waals surface area contributed by atoms with Gasteiger partial charge in [-0.2, -0.15) is 18.2 Å². The normalized spacial score (nSPS) is 12.7. The number of nitrogens with zero attached hydrogens (tertiary/aromatic N) is 2. The second kappa shape index (κ2) is 5.12. The van der Waals surface area contributed by atoms with Gasteiger partial charge >= 0.3 is 12.2 Å². The summed E-state index contributed by atoms with van der Waals surface area (Å²) in [6.45, 7) is 1.80. The number of halogens is 3. The van der Waals surface area contributed by atoms with Crippen molar-refractivity contribution < 1.29 is 18.0 Å². The molecule has 0 saturated carbocycles. The molecule has 0 spiro atoms. The van der Waals surface area contributed by atoms with Crippen molar-refractivity contribution in [3.8, 4) is 5.69 Å². The van der Waals surface area contributed by atoms with Crippen LogP contribution in [0.1, 0.15) is 10.4 Å². The maximum Gasteiger partial charge on any atom is 0.416 e. The predicted octanol–water partition coefficient (Wildman–Crippen LogP) is 2.85. The average Bonchev–Trinajstić information content (AvgIpc) is 2.68. The molecule has 0 saturated heterocycles. The summed E-state index contributed by atoms with van der Waals surface area (Å²) in [5, 5.41) is 0. The van der Waals surface area contributed by atoms with Crippen LogP contribution in [0.4, 0.5) is 18.0 Å². The molecule has 0 aliphatic carbocycles. The summed E-state index contributed by atoms with van der Waals surface area (Å²) < 4.78 is 39.0. The Morgan fingerprint density at radius 3 is 2.40 bits per heavy atom. The van der Waals surface area contributed by atoms with Crippen molar-refractivity contribution in [3.05, 3.63) is 45.7 Å². The quantitative estimate of drug-likeness (QED) is 0.865. The molecule has 2 N–H and O–H groups in total. The lowest BCUT2D eigenvalue weighted by atomic mass is 10.2. The number of urea groups is 1. The number of nitrogens with two attached hydrogens (primary N) is 1. The summed E-state index contributed by atoms with van der Waals surface area (Å²) in [7, 11) is 0. The van der Waals surface area contributed by atoms with Crippen LogP contribution in [0.25, 0.3) is 5.69 Å². The highest BCUT2D eigenvalue weighted by Gasteiger charge is 2.30. The van der Waals surface area contributed by atoms with Crippen molar-refractivity contribution >= 4 is 17.4 Å². The Morgan fingerprint density at radius 1 is 1.30 bits per heavy atom. The van der Waals surface area contributed by atoms with Crippen molar-refractivity contribution in [2.75, 3.05) is 0 Å². The Kier molecular flexibility index (Phi) is 3.67. The van der Waals surface area contributed by atoms with Gasteiger partial charge in [0.2, 0.25) is 0 Å². The lowest BCUT2D eigenvalue weighted by Gasteiger charge is -2.08. The lowest BCUT2D eigenvalue weighted by molar-refractivity contribution is -0.137. The number of benzene rings is 1.